The van der Waals surface area contributed by atoms with Gasteiger partial charge in [-0.3, -0.25) is 4.79 Å². The molecule has 1 aliphatic rings. The molecule has 1 fully saturated rings. The van der Waals surface area contributed by atoms with Crippen LogP contribution in [0.5, 0.6) is 0 Å². The monoisotopic (exact) mass is 416 g/mol. The predicted octanol–water partition coefficient (Wildman–Crippen LogP) is 6.47. The lowest BCUT2D eigenvalue weighted by atomic mass is 10.0. The summed E-state index contributed by atoms with van der Waals surface area (Å²) in [6.45, 7) is 5.75. The molecular weight excluding hydrogens is 389 g/mol. The van der Waals surface area contributed by atoms with E-state index in [0.29, 0.717) is 11.6 Å². The summed E-state index contributed by atoms with van der Waals surface area (Å²) >= 11 is 0. The number of hydrogen-bond donors (Lipinski definition) is 1. The first kappa shape index (κ1) is 21.9. The van der Waals surface area contributed by atoms with Gasteiger partial charge in [0.1, 0.15) is 0 Å². The van der Waals surface area contributed by atoms with Gasteiger partial charge in [0.25, 0.3) is 0 Å². The molecule has 0 radical (unpaired) electrons. The largest absolute Gasteiger partial charge is 0.416 e. The summed E-state index contributed by atoms with van der Waals surface area (Å²) in [6, 6.07) is 11.4. The third-order valence-corrected chi connectivity index (χ3v) is 5.31. The number of nitrogens with zero attached hydrogens (tertiary/aromatic N) is 1. The van der Waals surface area contributed by atoms with E-state index in [0.717, 1.165) is 50.0 Å². The van der Waals surface area contributed by atoms with Crippen molar-refractivity contribution < 1.29 is 18.0 Å². The van der Waals surface area contributed by atoms with Crippen LogP contribution in [0.4, 0.5) is 24.5 Å². The summed E-state index contributed by atoms with van der Waals surface area (Å²) in [4.78, 5) is 14.5. The highest BCUT2D eigenvalue weighted by Gasteiger charge is 2.31. The fourth-order valence-corrected chi connectivity index (χ4v) is 3.56. The number of piperidine rings is 1. The van der Waals surface area contributed by atoms with Gasteiger partial charge in [-0.1, -0.05) is 38.1 Å². The Hall–Kier alpha value is -2.76. The van der Waals surface area contributed by atoms with Crippen molar-refractivity contribution in [2.24, 2.45) is 0 Å². The Bertz CT molecular complexity index is 896. The van der Waals surface area contributed by atoms with E-state index >= 15 is 0 Å². The van der Waals surface area contributed by atoms with Gasteiger partial charge in [0.05, 0.1) is 16.9 Å². The number of alkyl halides is 3. The second-order valence-electron chi connectivity index (χ2n) is 7.92. The Kier molecular flexibility index (Phi) is 6.85. The lowest BCUT2D eigenvalue weighted by Gasteiger charge is -2.31. The van der Waals surface area contributed by atoms with E-state index in [9.17, 15) is 18.0 Å². The number of anilines is 2. The minimum Gasteiger partial charge on any atom is -0.370 e. The molecule has 0 saturated carbocycles. The molecule has 3 rings (SSSR count). The summed E-state index contributed by atoms with van der Waals surface area (Å²) in [5, 5.41) is 2.65. The highest BCUT2D eigenvalue weighted by atomic mass is 19.4. The van der Waals surface area contributed by atoms with Crippen molar-refractivity contribution in [1.82, 2.24) is 0 Å². The molecule has 2 aromatic carbocycles. The van der Waals surface area contributed by atoms with E-state index in [1.807, 2.05) is 29.2 Å². The molecule has 2 aromatic rings. The Balaban J connectivity index is 1.79. The second-order valence-corrected chi connectivity index (χ2v) is 7.92. The molecule has 1 N–H and O–H groups in total. The van der Waals surface area contributed by atoms with Crippen LogP contribution >= 0.6 is 0 Å². The summed E-state index contributed by atoms with van der Waals surface area (Å²) < 4.78 is 39.6. The van der Waals surface area contributed by atoms with Gasteiger partial charge in [0.15, 0.2) is 0 Å². The van der Waals surface area contributed by atoms with Crippen molar-refractivity contribution in [3.8, 4) is 0 Å². The molecule has 0 spiro atoms. The van der Waals surface area contributed by atoms with Crippen LogP contribution in [0.2, 0.25) is 0 Å². The molecule has 0 bridgehead atoms. The number of benzene rings is 2. The number of amides is 1. The first-order chi connectivity index (χ1) is 14.2. The lowest BCUT2D eigenvalue weighted by molar-refractivity contribution is -0.137. The third kappa shape index (κ3) is 5.65. The average Bonchev–Trinajstić information content (AvgIpc) is 2.72. The van der Waals surface area contributed by atoms with Crippen molar-refractivity contribution in [2.75, 3.05) is 23.3 Å². The molecule has 30 heavy (non-hydrogen) atoms. The number of carbonyl (C=O) groups is 1. The number of halogens is 3. The van der Waals surface area contributed by atoms with Crippen LogP contribution in [0.3, 0.4) is 0 Å². The minimum absolute atomic E-state index is 0.191. The molecule has 3 nitrogen and oxygen atoms in total. The normalized spacial score (nSPS) is 15.1. The summed E-state index contributed by atoms with van der Waals surface area (Å²) in [6.07, 6.45) is 1.63. The number of rotatable bonds is 5. The molecule has 1 amide bonds. The number of carbonyl (C=O) groups excluding carboxylic acids is 1. The van der Waals surface area contributed by atoms with Gasteiger partial charge in [-0.2, -0.15) is 13.2 Å². The summed E-state index contributed by atoms with van der Waals surface area (Å²) in [5.41, 5.74) is 2.11. The SMILES string of the molecule is CC(C)c1ccc(C=CC(=O)Nc2cc(C(F)(F)F)ccc2N2CCCCC2)cc1. The van der Waals surface area contributed by atoms with Crippen LogP contribution in [0.15, 0.2) is 48.5 Å². The third-order valence-electron chi connectivity index (χ3n) is 5.31. The van der Waals surface area contributed by atoms with E-state index in [1.165, 1.54) is 17.7 Å². The second kappa shape index (κ2) is 9.37. The van der Waals surface area contributed by atoms with Gasteiger partial charge in [0, 0.05) is 19.2 Å². The highest BCUT2D eigenvalue weighted by Crippen LogP contribution is 2.36. The lowest BCUT2D eigenvalue weighted by Crippen LogP contribution is -2.30. The molecule has 0 aliphatic carbocycles. The molecule has 0 aromatic heterocycles. The van der Waals surface area contributed by atoms with Gasteiger partial charge in [-0.05, 0) is 60.6 Å². The quantitative estimate of drug-likeness (QED) is 0.567. The molecule has 160 valence electrons. The Morgan fingerprint density at radius 2 is 1.70 bits per heavy atom. The van der Waals surface area contributed by atoms with Gasteiger partial charge >= 0.3 is 6.18 Å². The highest BCUT2D eigenvalue weighted by molar-refractivity contribution is 6.04. The molecule has 1 saturated heterocycles. The van der Waals surface area contributed by atoms with Crippen molar-refractivity contribution in [3.63, 3.8) is 0 Å². The summed E-state index contributed by atoms with van der Waals surface area (Å²) in [5.74, 6) is -0.0408. The van der Waals surface area contributed by atoms with Crippen LogP contribution in [-0.2, 0) is 11.0 Å². The number of nitrogens with one attached hydrogen (secondary N) is 1. The van der Waals surface area contributed by atoms with Gasteiger partial charge in [-0.15, -0.1) is 0 Å². The average molecular weight is 416 g/mol. The maximum absolute atomic E-state index is 13.2. The fraction of sp³-hybridized carbons (Fsp3) is 0.375. The van der Waals surface area contributed by atoms with E-state index in [4.69, 9.17) is 0 Å². The topological polar surface area (TPSA) is 32.3 Å². The van der Waals surface area contributed by atoms with Crippen LogP contribution in [0.1, 0.15) is 55.7 Å². The maximum Gasteiger partial charge on any atom is 0.416 e. The zero-order valence-electron chi connectivity index (χ0n) is 17.3. The minimum atomic E-state index is -4.46. The Morgan fingerprint density at radius 3 is 2.30 bits per heavy atom. The zero-order valence-corrected chi connectivity index (χ0v) is 17.3. The first-order valence-corrected chi connectivity index (χ1v) is 10.3. The fourth-order valence-electron chi connectivity index (χ4n) is 3.56. The molecule has 1 aliphatic heterocycles. The van der Waals surface area contributed by atoms with Gasteiger partial charge in [0.2, 0.25) is 5.91 Å². The van der Waals surface area contributed by atoms with Crippen LogP contribution in [0, 0.1) is 0 Å². The Labute approximate surface area is 175 Å². The van der Waals surface area contributed by atoms with Crippen LogP contribution in [-0.4, -0.2) is 19.0 Å². The smallest absolute Gasteiger partial charge is 0.370 e. The predicted molar refractivity (Wildman–Crippen MR) is 116 cm³/mol. The maximum atomic E-state index is 13.2. The standard InChI is InChI=1S/C24H27F3N2O/c1-17(2)19-9-6-18(7-10-19)8-13-23(30)28-21-16-20(24(25,26)27)11-12-22(21)29-14-4-3-5-15-29/h6-13,16-17H,3-5,14-15H2,1-2H3,(H,28,30). The van der Waals surface area contributed by atoms with E-state index in [1.54, 1.807) is 6.08 Å². The van der Waals surface area contributed by atoms with Crippen molar-refractivity contribution >= 4 is 23.4 Å². The van der Waals surface area contributed by atoms with Gasteiger partial charge in [-0.25, -0.2) is 0 Å². The molecule has 6 heteroatoms. The molecule has 0 unspecified atom stereocenters. The summed E-state index contributed by atoms with van der Waals surface area (Å²) in [7, 11) is 0. The van der Waals surface area contributed by atoms with E-state index in [-0.39, 0.29) is 5.69 Å². The molecular formula is C24H27F3N2O. The zero-order chi connectivity index (χ0) is 21.7. The van der Waals surface area contributed by atoms with Crippen molar-refractivity contribution in [2.45, 2.75) is 45.2 Å². The van der Waals surface area contributed by atoms with Crippen LogP contribution in [0.25, 0.3) is 6.08 Å². The van der Waals surface area contributed by atoms with E-state index in [2.05, 4.69) is 19.2 Å². The van der Waals surface area contributed by atoms with Crippen LogP contribution < -0.4 is 10.2 Å². The molecule has 0 atom stereocenters. The van der Waals surface area contributed by atoms with Crippen molar-refractivity contribution in [3.05, 3.63) is 65.2 Å². The Morgan fingerprint density at radius 1 is 1.03 bits per heavy atom. The van der Waals surface area contributed by atoms with Crippen molar-refractivity contribution in [1.29, 1.82) is 0 Å². The molecule has 1 heterocycles. The number of hydrogen-bond acceptors (Lipinski definition) is 2. The first-order valence-electron chi connectivity index (χ1n) is 10.3. The van der Waals surface area contributed by atoms with Gasteiger partial charge < -0.3 is 10.2 Å². The van der Waals surface area contributed by atoms with E-state index < -0.39 is 17.6 Å².